The highest BCUT2D eigenvalue weighted by atomic mass is 16.8. The minimum absolute atomic E-state index is 0.156. The van der Waals surface area contributed by atoms with Crippen LogP contribution in [0.15, 0.2) is 0 Å². The van der Waals surface area contributed by atoms with E-state index in [1.54, 1.807) is 13.8 Å². The summed E-state index contributed by atoms with van der Waals surface area (Å²) in [5, 5.41) is 20.6. The van der Waals surface area contributed by atoms with Crippen molar-refractivity contribution in [1.82, 2.24) is 0 Å². The summed E-state index contributed by atoms with van der Waals surface area (Å²) in [6.07, 6.45) is 13.5. The molecule has 2 heterocycles. The predicted octanol–water partition coefficient (Wildman–Crippen LogP) is 4.69. The quantitative estimate of drug-likeness (QED) is 0.326. The van der Waals surface area contributed by atoms with Crippen molar-refractivity contribution in [2.75, 3.05) is 13.2 Å². The lowest BCUT2D eigenvalue weighted by Gasteiger charge is -2.25. The smallest absolute Gasteiger partial charge is 0.190 e. The van der Waals surface area contributed by atoms with Gasteiger partial charge in [-0.1, -0.05) is 84.0 Å². The van der Waals surface area contributed by atoms with Gasteiger partial charge in [0.25, 0.3) is 0 Å². The van der Waals surface area contributed by atoms with Crippen molar-refractivity contribution in [3.63, 3.8) is 0 Å². The maximum absolute atomic E-state index is 10.3. The molecule has 2 aliphatic heterocycles. The molecule has 0 amide bonds. The molecular formula is C24H46O6. The fourth-order valence-electron chi connectivity index (χ4n) is 4.36. The number of unbranched alkanes of at least 4 members (excludes halogenated alkanes) is 12. The van der Waals surface area contributed by atoms with Crippen molar-refractivity contribution in [2.45, 2.75) is 141 Å². The number of aliphatic hydroxyl groups is 2. The first-order valence-electron chi connectivity index (χ1n) is 12.4. The largest absolute Gasteiger partial charge is 0.388 e. The van der Waals surface area contributed by atoms with Gasteiger partial charge in [0.05, 0.1) is 6.61 Å². The Labute approximate surface area is 183 Å². The van der Waals surface area contributed by atoms with Crippen LogP contribution in [0.1, 0.15) is 104 Å². The maximum atomic E-state index is 10.3. The van der Waals surface area contributed by atoms with Gasteiger partial charge in [-0.2, -0.15) is 0 Å². The molecule has 0 aromatic carbocycles. The first kappa shape index (κ1) is 26.0. The van der Waals surface area contributed by atoms with Gasteiger partial charge < -0.3 is 29.2 Å². The minimum atomic E-state index is -0.910. The molecule has 6 heteroatoms. The number of aliphatic hydroxyl groups excluding tert-OH is 2. The normalized spacial score (nSPS) is 28.7. The molecule has 0 aromatic rings. The van der Waals surface area contributed by atoms with E-state index in [0.717, 1.165) is 12.8 Å². The van der Waals surface area contributed by atoms with Crippen molar-refractivity contribution in [3.05, 3.63) is 0 Å². The van der Waals surface area contributed by atoms with E-state index in [2.05, 4.69) is 6.92 Å². The van der Waals surface area contributed by atoms with Gasteiger partial charge in [-0.05, 0) is 20.3 Å². The van der Waals surface area contributed by atoms with Gasteiger partial charge >= 0.3 is 0 Å². The molecule has 5 atom stereocenters. The number of hydrogen-bond donors (Lipinski definition) is 2. The zero-order valence-electron chi connectivity index (χ0n) is 19.5. The summed E-state index contributed by atoms with van der Waals surface area (Å²) < 4.78 is 22.5. The van der Waals surface area contributed by atoms with E-state index in [1.807, 2.05) is 0 Å². The Bertz CT molecular complexity index is 443. The summed E-state index contributed by atoms with van der Waals surface area (Å²) in [7, 11) is 0. The highest BCUT2D eigenvalue weighted by Gasteiger charge is 2.55. The molecule has 2 aliphatic rings. The van der Waals surface area contributed by atoms with E-state index in [0.29, 0.717) is 6.61 Å². The van der Waals surface area contributed by atoms with Crippen molar-refractivity contribution < 1.29 is 29.2 Å². The van der Waals surface area contributed by atoms with Crippen molar-refractivity contribution >= 4 is 0 Å². The molecule has 178 valence electrons. The van der Waals surface area contributed by atoms with Gasteiger partial charge in [0, 0.05) is 6.61 Å². The van der Waals surface area contributed by atoms with Gasteiger partial charge in [0.2, 0.25) is 0 Å². The van der Waals surface area contributed by atoms with Gasteiger partial charge in [-0.15, -0.1) is 0 Å². The molecule has 2 saturated heterocycles. The third kappa shape index (κ3) is 9.09. The number of ether oxygens (including phenoxy) is 4. The second-order valence-corrected chi connectivity index (χ2v) is 9.44. The lowest BCUT2D eigenvalue weighted by atomic mass is 10.0. The van der Waals surface area contributed by atoms with Crippen LogP contribution in [-0.2, 0) is 18.9 Å². The minimum Gasteiger partial charge on any atom is -0.388 e. The molecule has 0 aromatic heterocycles. The van der Waals surface area contributed by atoms with Crippen LogP contribution in [0.25, 0.3) is 0 Å². The predicted molar refractivity (Wildman–Crippen MR) is 117 cm³/mol. The highest BCUT2D eigenvalue weighted by molar-refractivity contribution is 4.95. The molecule has 0 bridgehead atoms. The lowest BCUT2D eigenvalue weighted by molar-refractivity contribution is -0.228. The molecule has 2 rings (SSSR count). The van der Waals surface area contributed by atoms with E-state index >= 15 is 0 Å². The van der Waals surface area contributed by atoms with E-state index in [4.69, 9.17) is 18.9 Å². The first-order chi connectivity index (χ1) is 14.4. The van der Waals surface area contributed by atoms with Crippen LogP contribution < -0.4 is 0 Å². The third-order valence-corrected chi connectivity index (χ3v) is 6.11. The third-order valence-electron chi connectivity index (χ3n) is 6.11. The summed E-state index contributed by atoms with van der Waals surface area (Å²) in [5.74, 6) is -0.767. The fourth-order valence-corrected chi connectivity index (χ4v) is 4.36. The van der Waals surface area contributed by atoms with Crippen LogP contribution in [-0.4, -0.2) is 59.9 Å². The zero-order valence-corrected chi connectivity index (χ0v) is 19.5. The molecule has 0 radical (unpaired) electrons. The van der Waals surface area contributed by atoms with Crippen LogP contribution in [0.3, 0.4) is 0 Å². The molecule has 2 N–H and O–H groups in total. The van der Waals surface area contributed by atoms with Gasteiger partial charge in [0.1, 0.15) is 24.4 Å². The Hall–Kier alpha value is -0.240. The van der Waals surface area contributed by atoms with Crippen molar-refractivity contribution in [1.29, 1.82) is 0 Å². The van der Waals surface area contributed by atoms with Crippen LogP contribution >= 0.6 is 0 Å². The van der Waals surface area contributed by atoms with Crippen LogP contribution in [0, 0.1) is 0 Å². The maximum Gasteiger partial charge on any atom is 0.190 e. The molecule has 0 saturated carbocycles. The molecule has 30 heavy (non-hydrogen) atoms. The summed E-state index contributed by atoms with van der Waals surface area (Å²) in [4.78, 5) is 0. The number of fused-ring (bicyclic) bond motifs is 1. The molecular weight excluding hydrogens is 384 g/mol. The molecule has 0 spiro atoms. The van der Waals surface area contributed by atoms with Gasteiger partial charge in [-0.25, -0.2) is 0 Å². The molecule has 0 aliphatic carbocycles. The average molecular weight is 431 g/mol. The zero-order chi connectivity index (χ0) is 21.8. The lowest BCUT2D eigenvalue weighted by Crippen LogP contribution is -2.42. The highest BCUT2D eigenvalue weighted by Crippen LogP contribution is 2.38. The standard InChI is InChI=1S/C24H46O6/c1-4-5-6-7-8-9-10-11-12-13-14-15-16-17-27-18-19(25)21-20(26)22-23(28-21)30-24(2,3)29-22/h19-23,25-26H,4-18H2,1-3H3/t19-,20+,21-,22-,23-/m1/s1. The summed E-state index contributed by atoms with van der Waals surface area (Å²) in [6.45, 7) is 6.62. The SMILES string of the molecule is CCCCCCCCCCCCCCCOC[C@@H](O)[C@H]1O[C@@H]2OC(C)(C)O[C@@H]2[C@H]1O. The van der Waals surface area contributed by atoms with E-state index in [-0.39, 0.29) is 6.61 Å². The Morgan fingerprint density at radius 3 is 1.90 bits per heavy atom. The van der Waals surface area contributed by atoms with E-state index < -0.39 is 36.5 Å². The Kier molecular flexibility index (Phi) is 12.2. The van der Waals surface area contributed by atoms with Crippen molar-refractivity contribution in [3.8, 4) is 0 Å². The van der Waals surface area contributed by atoms with Gasteiger partial charge in [-0.3, -0.25) is 0 Å². The second-order valence-electron chi connectivity index (χ2n) is 9.44. The topological polar surface area (TPSA) is 77.4 Å². The Balaban J connectivity index is 1.37. The summed E-state index contributed by atoms with van der Waals surface area (Å²) in [6, 6.07) is 0. The number of rotatable bonds is 17. The van der Waals surface area contributed by atoms with Crippen LogP contribution in [0.5, 0.6) is 0 Å². The molecule has 0 unspecified atom stereocenters. The van der Waals surface area contributed by atoms with Crippen LogP contribution in [0.4, 0.5) is 0 Å². The van der Waals surface area contributed by atoms with E-state index in [1.165, 1.54) is 70.6 Å². The van der Waals surface area contributed by atoms with E-state index in [9.17, 15) is 10.2 Å². The first-order valence-corrected chi connectivity index (χ1v) is 12.4. The molecule has 2 fully saturated rings. The summed E-state index contributed by atoms with van der Waals surface area (Å²) in [5.41, 5.74) is 0. The summed E-state index contributed by atoms with van der Waals surface area (Å²) >= 11 is 0. The monoisotopic (exact) mass is 430 g/mol. The van der Waals surface area contributed by atoms with Crippen molar-refractivity contribution in [2.24, 2.45) is 0 Å². The number of hydrogen-bond acceptors (Lipinski definition) is 6. The Morgan fingerprint density at radius 1 is 0.833 bits per heavy atom. The Morgan fingerprint density at radius 2 is 1.37 bits per heavy atom. The van der Waals surface area contributed by atoms with Gasteiger partial charge in [0.15, 0.2) is 12.1 Å². The fraction of sp³-hybridized carbons (Fsp3) is 1.00. The van der Waals surface area contributed by atoms with Crippen LogP contribution in [0.2, 0.25) is 0 Å². The average Bonchev–Trinajstić information content (AvgIpc) is 3.17. The second kappa shape index (κ2) is 14.0. The molecule has 6 nitrogen and oxygen atoms in total.